The molecule has 2 rings (SSSR count). The quantitative estimate of drug-likeness (QED) is 0.611. The molecule has 1 heterocycles. The number of hydrogen-bond donors (Lipinski definition) is 1. The summed E-state index contributed by atoms with van der Waals surface area (Å²) in [5.74, 6) is -2.18. The molecule has 1 aromatic heterocycles. The van der Waals surface area contributed by atoms with Crippen molar-refractivity contribution in [1.82, 2.24) is 0 Å². The SMILES string of the molecule is Nc1c(F)ccc(-c2ccsc2C(F)(F)F)c1F. The number of benzene rings is 1. The lowest BCUT2D eigenvalue weighted by molar-refractivity contribution is -0.133. The molecule has 0 aliphatic heterocycles. The largest absolute Gasteiger partial charge is 0.426 e. The van der Waals surface area contributed by atoms with Crippen LogP contribution in [0.2, 0.25) is 0 Å². The van der Waals surface area contributed by atoms with E-state index < -0.39 is 28.4 Å². The molecule has 0 unspecified atom stereocenters. The van der Waals surface area contributed by atoms with Crippen LogP contribution in [0, 0.1) is 11.6 Å². The number of nitrogen functional groups attached to an aromatic ring is 1. The molecule has 1 nitrogen and oxygen atoms in total. The fourth-order valence-corrected chi connectivity index (χ4v) is 2.30. The number of anilines is 1. The first-order valence-corrected chi connectivity index (χ1v) is 5.59. The summed E-state index contributed by atoms with van der Waals surface area (Å²) in [7, 11) is 0. The first kappa shape index (κ1) is 12.8. The second-order valence-electron chi connectivity index (χ2n) is 3.48. The van der Waals surface area contributed by atoms with Crippen molar-refractivity contribution in [2.24, 2.45) is 0 Å². The highest BCUT2D eigenvalue weighted by Crippen LogP contribution is 2.42. The van der Waals surface area contributed by atoms with Crippen LogP contribution in [0.25, 0.3) is 11.1 Å². The van der Waals surface area contributed by atoms with E-state index in [0.717, 1.165) is 18.2 Å². The van der Waals surface area contributed by atoms with Gasteiger partial charge in [-0.3, -0.25) is 0 Å². The van der Waals surface area contributed by atoms with Gasteiger partial charge in [0, 0.05) is 11.1 Å². The molecule has 96 valence electrons. The normalized spacial score (nSPS) is 11.8. The van der Waals surface area contributed by atoms with Crippen LogP contribution < -0.4 is 5.73 Å². The number of thiophene rings is 1. The van der Waals surface area contributed by atoms with Crippen molar-refractivity contribution in [1.29, 1.82) is 0 Å². The van der Waals surface area contributed by atoms with Gasteiger partial charge >= 0.3 is 6.18 Å². The summed E-state index contributed by atoms with van der Waals surface area (Å²) in [5.41, 5.74) is 3.64. The fraction of sp³-hybridized carbons (Fsp3) is 0.0909. The average Bonchev–Trinajstić information content (AvgIpc) is 2.74. The molecule has 0 saturated heterocycles. The Balaban J connectivity index is 2.64. The van der Waals surface area contributed by atoms with Gasteiger partial charge in [-0.05, 0) is 23.6 Å². The van der Waals surface area contributed by atoms with Crippen molar-refractivity contribution in [3.8, 4) is 11.1 Å². The van der Waals surface area contributed by atoms with Crippen LogP contribution in [0.5, 0.6) is 0 Å². The molecule has 2 aromatic rings. The minimum Gasteiger partial charge on any atom is -0.394 e. The Bertz CT molecular complexity index is 588. The first-order valence-electron chi connectivity index (χ1n) is 4.71. The lowest BCUT2D eigenvalue weighted by Gasteiger charge is -2.10. The summed E-state index contributed by atoms with van der Waals surface area (Å²) in [6.07, 6.45) is -4.58. The van der Waals surface area contributed by atoms with E-state index >= 15 is 0 Å². The van der Waals surface area contributed by atoms with E-state index in [1.54, 1.807) is 0 Å². The monoisotopic (exact) mass is 279 g/mol. The van der Waals surface area contributed by atoms with Gasteiger partial charge < -0.3 is 5.73 Å². The Morgan fingerprint density at radius 1 is 1.00 bits per heavy atom. The predicted octanol–water partition coefficient (Wildman–Crippen LogP) is 4.29. The molecule has 0 aliphatic rings. The number of halogens is 5. The van der Waals surface area contributed by atoms with Gasteiger partial charge in [0.15, 0.2) is 5.82 Å². The smallest absolute Gasteiger partial charge is 0.394 e. The summed E-state index contributed by atoms with van der Waals surface area (Å²) < 4.78 is 64.6. The van der Waals surface area contributed by atoms with Crippen LogP contribution in [0.3, 0.4) is 0 Å². The van der Waals surface area contributed by atoms with Crippen molar-refractivity contribution < 1.29 is 22.0 Å². The summed E-state index contributed by atoms with van der Waals surface area (Å²) in [5, 5.41) is 1.19. The number of nitrogens with two attached hydrogens (primary N) is 1. The van der Waals surface area contributed by atoms with Crippen molar-refractivity contribution in [3.05, 3.63) is 40.1 Å². The Morgan fingerprint density at radius 2 is 1.67 bits per heavy atom. The molecule has 0 radical (unpaired) electrons. The van der Waals surface area contributed by atoms with Gasteiger partial charge in [0.1, 0.15) is 16.4 Å². The van der Waals surface area contributed by atoms with Gasteiger partial charge in [-0.2, -0.15) is 13.2 Å². The van der Waals surface area contributed by atoms with Crippen LogP contribution in [0.4, 0.5) is 27.6 Å². The molecular formula is C11H6F5NS. The molecular weight excluding hydrogens is 273 g/mol. The molecule has 0 amide bonds. The van der Waals surface area contributed by atoms with E-state index in [-0.39, 0.29) is 11.1 Å². The van der Waals surface area contributed by atoms with E-state index in [9.17, 15) is 22.0 Å². The second kappa shape index (κ2) is 4.24. The van der Waals surface area contributed by atoms with E-state index in [4.69, 9.17) is 5.73 Å². The molecule has 1 aromatic carbocycles. The summed E-state index contributed by atoms with van der Waals surface area (Å²) >= 11 is 0.444. The van der Waals surface area contributed by atoms with Crippen molar-refractivity contribution >= 4 is 17.0 Å². The highest BCUT2D eigenvalue weighted by molar-refractivity contribution is 7.10. The maximum Gasteiger partial charge on any atom is 0.426 e. The van der Waals surface area contributed by atoms with E-state index in [0.29, 0.717) is 11.3 Å². The van der Waals surface area contributed by atoms with Crippen LogP contribution in [-0.2, 0) is 6.18 Å². The Morgan fingerprint density at radius 3 is 2.28 bits per heavy atom. The highest BCUT2D eigenvalue weighted by Gasteiger charge is 2.36. The van der Waals surface area contributed by atoms with Crippen molar-refractivity contribution in [3.63, 3.8) is 0 Å². The molecule has 0 bridgehead atoms. The maximum absolute atomic E-state index is 13.7. The van der Waals surface area contributed by atoms with E-state index in [1.807, 2.05) is 0 Å². The van der Waals surface area contributed by atoms with E-state index in [2.05, 4.69) is 0 Å². The third-order valence-electron chi connectivity index (χ3n) is 2.34. The van der Waals surface area contributed by atoms with Crippen LogP contribution >= 0.6 is 11.3 Å². The van der Waals surface area contributed by atoms with Gasteiger partial charge in [0.2, 0.25) is 0 Å². The number of hydrogen-bond acceptors (Lipinski definition) is 2. The van der Waals surface area contributed by atoms with Crippen molar-refractivity contribution in [2.45, 2.75) is 6.18 Å². The summed E-state index contributed by atoms with van der Waals surface area (Å²) in [6.45, 7) is 0. The minimum absolute atomic E-state index is 0.336. The molecule has 0 fully saturated rings. The molecule has 7 heteroatoms. The standard InChI is InChI=1S/C11H6F5NS/c12-7-2-1-5(8(13)9(7)17)6-3-4-18-10(6)11(14,15)16/h1-4H,17H2. The topological polar surface area (TPSA) is 26.0 Å². The van der Waals surface area contributed by atoms with Gasteiger partial charge in [-0.15, -0.1) is 11.3 Å². The second-order valence-corrected chi connectivity index (χ2v) is 4.40. The molecule has 18 heavy (non-hydrogen) atoms. The highest BCUT2D eigenvalue weighted by atomic mass is 32.1. The lowest BCUT2D eigenvalue weighted by atomic mass is 10.0. The Kier molecular flexibility index (Phi) is 3.02. The number of alkyl halides is 3. The third kappa shape index (κ3) is 2.05. The van der Waals surface area contributed by atoms with Crippen molar-refractivity contribution in [2.75, 3.05) is 5.73 Å². The lowest BCUT2D eigenvalue weighted by Crippen LogP contribution is -2.05. The minimum atomic E-state index is -4.58. The molecule has 0 atom stereocenters. The first-order chi connectivity index (χ1) is 8.32. The Hall–Kier alpha value is -1.63. The zero-order valence-electron chi connectivity index (χ0n) is 8.68. The van der Waals surface area contributed by atoms with Gasteiger partial charge in [0.05, 0.1) is 0 Å². The van der Waals surface area contributed by atoms with Gasteiger partial charge in [0.25, 0.3) is 0 Å². The zero-order chi connectivity index (χ0) is 13.5. The zero-order valence-corrected chi connectivity index (χ0v) is 9.50. The number of rotatable bonds is 1. The molecule has 0 aliphatic carbocycles. The van der Waals surface area contributed by atoms with Crippen LogP contribution in [0.1, 0.15) is 4.88 Å². The fourth-order valence-electron chi connectivity index (χ4n) is 1.52. The molecule has 0 saturated carbocycles. The van der Waals surface area contributed by atoms with Gasteiger partial charge in [-0.25, -0.2) is 8.78 Å². The van der Waals surface area contributed by atoms with Gasteiger partial charge in [-0.1, -0.05) is 0 Å². The summed E-state index contributed by atoms with van der Waals surface area (Å²) in [6, 6.07) is 2.91. The average molecular weight is 279 g/mol. The van der Waals surface area contributed by atoms with Crippen LogP contribution in [-0.4, -0.2) is 0 Å². The van der Waals surface area contributed by atoms with Crippen LogP contribution in [0.15, 0.2) is 23.6 Å². The predicted molar refractivity (Wildman–Crippen MR) is 59.1 cm³/mol. The Labute approximate surface area is 103 Å². The molecule has 2 N–H and O–H groups in total. The molecule has 0 spiro atoms. The third-order valence-corrected chi connectivity index (χ3v) is 3.30. The maximum atomic E-state index is 13.7. The van der Waals surface area contributed by atoms with E-state index in [1.165, 1.54) is 5.38 Å². The summed E-state index contributed by atoms with van der Waals surface area (Å²) in [4.78, 5) is -0.938.